The lowest BCUT2D eigenvalue weighted by Gasteiger charge is -2.19. The van der Waals surface area contributed by atoms with Crippen LogP contribution in [0.3, 0.4) is 0 Å². The van der Waals surface area contributed by atoms with E-state index in [0.29, 0.717) is 60.3 Å². The van der Waals surface area contributed by atoms with Crippen molar-refractivity contribution in [2.75, 3.05) is 24.1 Å². The lowest BCUT2D eigenvalue weighted by Crippen LogP contribution is -2.29. The summed E-state index contributed by atoms with van der Waals surface area (Å²) >= 11 is 1.40. The van der Waals surface area contributed by atoms with Crippen LogP contribution in [-0.4, -0.2) is 38.7 Å². The zero-order valence-corrected chi connectivity index (χ0v) is 21.1. The number of thiazole rings is 1. The number of amides is 1. The zero-order chi connectivity index (χ0) is 24.9. The molecule has 0 unspecified atom stereocenters. The molecule has 36 heavy (non-hydrogen) atoms. The predicted octanol–water partition coefficient (Wildman–Crippen LogP) is 3.99. The summed E-state index contributed by atoms with van der Waals surface area (Å²) in [6, 6.07) is 17.3. The van der Waals surface area contributed by atoms with Crippen molar-refractivity contribution in [1.82, 2.24) is 4.57 Å². The van der Waals surface area contributed by atoms with E-state index < -0.39 is 15.9 Å². The highest BCUT2D eigenvalue weighted by Gasteiger charge is 2.30. The van der Waals surface area contributed by atoms with Crippen molar-refractivity contribution in [1.29, 1.82) is 0 Å². The van der Waals surface area contributed by atoms with Gasteiger partial charge in [-0.05, 0) is 49.2 Å². The molecule has 0 bridgehead atoms. The van der Waals surface area contributed by atoms with E-state index in [1.165, 1.54) is 39.9 Å². The zero-order valence-electron chi connectivity index (χ0n) is 19.5. The van der Waals surface area contributed by atoms with E-state index in [9.17, 15) is 13.2 Å². The number of hydrogen-bond acceptors (Lipinski definition) is 6. The Bertz CT molecular complexity index is 1670. The first-order valence-electron chi connectivity index (χ1n) is 11.7. The van der Waals surface area contributed by atoms with Gasteiger partial charge in [-0.15, -0.1) is 0 Å². The Hall–Kier alpha value is -3.63. The fourth-order valence-corrected chi connectivity index (χ4v) is 7.21. The first-order valence-corrected chi connectivity index (χ1v) is 13.9. The van der Waals surface area contributed by atoms with Crippen LogP contribution in [0.2, 0.25) is 0 Å². The number of aryl methyl sites for hydroxylation is 1. The number of benzene rings is 3. The molecule has 2 aliphatic rings. The standard InChI is InChI=1S/C26H23N3O5S2/c1-2-28-21-15-22-23(34-14-13-33-22)16-24(21)35-26(28)27-25(30)18-7-9-19(10-8-18)36(31,32)29-12-11-17-5-3-4-6-20(17)29/h3-10,15-16H,2,11-14H2,1H3. The first kappa shape index (κ1) is 22.8. The van der Waals surface area contributed by atoms with Crippen LogP contribution in [0.25, 0.3) is 10.2 Å². The third-order valence-corrected chi connectivity index (χ3v) is 9.26. The Labute approximate surface area is 212 Å². The molecule has 0 N–H and O–H groups in total. The van der Waals surface area contributed by atoms with E-state index in [4.69, 9.17) is 9.47 Å². The minimum atomic E-state index is -3.72. The van der Waals surface area contributed by atoms with Gasteiger partial charge in [-0.3, -0.25) is 9.10 Å². The van der Waals surface area contributed by atoms with Crippen molar-refractivity contribution < 1.29 is 22.7 Å². The summed E-state index contributed by atoms with van der Waals surface area (Å²) in [6.07, 6.45) is 0.679. The van der Waals surface area contributed by atoms with E-state index in [-0.39, 0.29) is 4.90 Å². The smallest absolute Gasteiger partial charge is 0.279 e. The van der Waals surface area contributed by atoms with Crippen LogP contribution < -0.4 is 18.6 Å². The molecular weight excluding hydrogens is 498 g/mol. The molecule has 0 atom stereocenters. The Morgan fingerprint density at radius 3 is 2.50 bits per heavy atom. The van der Waals surface area contributed by atoms with Gasteiger partial charge in [0.2, 0.25) is 0 Å². The summed E-state index contributed by atoms with van der Waals surface area (Å²) in [5.41, 5.74) is 2.96. The average Bonchev–Trinajstić information content (AvgIpc) is 3.48. The largest absolute Gasteiger partial charge is 0.486 e. The topological polar surface area (TPSA) is 90.2 Å². The Morgan fingerprint density at radius 2 is 1.75 bits per heavy atom. The SMILES string of the molecule is CCn1c(=NC(=O)c2ccc(S(=O)(=O)N3CCc4ccccc43)cc2)sc2cc3c(cc21)OCCO3. The third kappa shape index (κ3) is 3.77. The number of aromatic nitrogens is 1. The summed E-state index contributed by atoms with van der Waals surface area (Å²) in [5, 5.41) is 0. The van der Waals surface area contributed by atoms with Crippen molar-refractivity contribution >= 4 is 43.2 Å². The fourth-order valence-electron chi connectivity index (χ4n) is 4.60. The van der Waals surface area contributed by atoms with Gasteiger partial charge < -0.3 is 14.0 Å². The van der Waals surface area contributed by atoms with E-state index >= 15 is 0 Å². The summed E-state index contributed by atoms with van der Waals surface area (Å²) < 4.78 is 42.2. The molecule has 0 saturated heterocycles. The van der Waals surface area contributed by atoms with Gasteiger partial charge in [0.1, 0.15) is 13.2 Å². The molecule has 0 fully saturated rings. The Morgan fingerprint density at radius 1 is 1.03 bits per heavy atom. The molecule has 3 aromatic carbocycles. The lowest BCUT2D eigenvalue weighted by molar-refractivity contribution is 0.0997. The van der Waals surface area contributed by atoms with Crippen molar-refractivity contribution in [3.63, 3.8) is 0 Å². The second-order valence-corrected chi connectivity index (χ2v) is 11.4. The number of fused-ring (bicyclic) bond motifs is 3. The number of anilines is 1. The highest BCUT2D eigenvalue weighted by molar-refractivity contribution is 7.92. The Balaban J connectivity index is 1.31. The minimum Gasteiger partial charge on any atom is -0.486 e. The number of ether oxygens (including phenoxy) is 2. The maximum absolute atomic E-state index is 13.3. The molecule has 0 spiro atoms. The number of rotatable bonds is 4. The molecular formula is C26H23N3O5S2. The maximum atomic E-state index is 13.3. The van der Waals surface area contributed by atoms with Gasteiger partial charge in [0.15, 0.2) is 16.3 Å². The summed E-state index contributed by atoms with van der Waals surface area (Å²) in [5.74, 6) is 0.939. The number of carbonyl (C=O) groups excluding carboxylic acids is 1. The molecule has 4 aromatic rings. The van der Waals surface area contributed by atoms with Gasteiger partial charge in [-0.1, -0.05) is 29.5 Å². The van der Waals surface area contributed by atoms with Crippen molar-refractivity contribution in [2.24, 2.45) is 4.99 Å². The number of sulfonamides is 1. The number of nitrogens with zero attached hydrogens (tertiary/aromatic N) is 3. The second-order valence-electron chi connectivity index (χ2n) is 8.49. The van der Waals surface area contributed by atoms with Gasteiger partial charge in [0.25, 0.3) is 15.9 Å². The van der Waals surface area contributed by atoms with Gasteiger partial charge >= 0.3 is 0 Å². The second kappa shape index (κ2) is 8.79. The first-order chi connectivity index (χ1) is 17.5. The van der Waals surface area contributed by atoms with E-state index in [1.54, 1.807) is 0 Å². The monoisotopic (exact) mass is 521 g/mol. The van der Waals surface area contributed by atoms with E-state index in [2.05, 4.69) is 4.99 Å². The molecule has 0 aliphatic carbocycles. The lowest BCUT2D eigenvalue weighted by atomic mass is 10.2. The molecule has 2 aliphatic heterocycles. The maximum Gasteiger partial charge on any atom is 0.279 e. The van der Waals surface area contributed by atoms with Crippen LogP contribution in [0.1, 0.15) is 22.8 Å². The molecule has 6 rings (SSSR count). The number of hydrogen-bond donors (Lipinski definition) is 0. The predicted molar refractivity (Wildman–Crippen MR) is 137 cm³/mol. The van der Waals surface area contributed by atoms with E-state index in [0.717, 1.165) is 15.8 Å². The molecule has 10 heteroatoms. The van der Waals surface area contributed by atoms with Gasteiger partial charge in [0.05, 0.1) is 20.8 Å². The van der Waals surface area contributed by atoms with Gasteiger partial charge in [-0.25, -0.2) is 8.42 Å². The highest BCUT2D eigenvalue weighted by atomic mass is 32.2. The summed E-state index contributed by atoms with van der Waals surface area (Å²) in [4.78, 5) is 18.1. The number of para-hydroxylation sites is 1. The van der Waals surface area contributed by atoms with Crippen LogP contribution in [0, 0.1) is 0 Å². The van der Waals surface area contributed by atoms with Gasteiger partial charge in [-0.2, -0.15) is 4.99 Å². The molecule has 0 radical (unpaired) electrons. The summed E-state index contributed by atoms with van der Waals surface area (Å²) in [6.45, 7) is 4.02. The quantitative estimate of drug-likeness (QED) is 0.405. The number of carbonyl (C=O) groups is 1. The van der Waals surface area contributed by atoms with Crippen LogP contribution in [0.5, 0.6) is 11.5 Å². The van der Waals surface area contributed by atoms with Crippen molar-refractivity contribution in [2.45, 2.75) is 24.8 Å². The van der Waals surface area contributed by atoms with Crippen LogP contribution in [0.4, 0.5) is 5.69 Å². The highest BCUT2D eigenvalue weighted by Crippen LogP contribution is 2.36. The molecule has 184 valence electrons. The third-order valence-electron chi connectivity index (χ3n) is 6.39. The van der Waals surface area contributed by atoms with Crippen molar-refractivity contribution in [3.8, 4) is 11.5 Å². The molecule has 0 saturated carbocycles. The molecule has 3 heterocycles. The van der Waals surface area contributed by atoms with Crippen LogP contribution in [0.15, 0.2) is 70.6 Å². The van der Waals surface area contributed by atoms with Gasteiger partial charge in [0, 0.05) is 30.8 Å². The van der Waals surface area contributed by atoms with Crippen LogP contribution in [-0.2, 0) is 23.0 Å². The van der Waals surface area contributed by atoms with Crippen molar-refractivity contribution in [3.05, 3.63) is 76.6 Å². The fraction of sp³-hybridized carbons (Fsp3) is 0.231. The Kier molecular flexibility index (Phi) is 5.57. The minimum absolute atomic E-state index is 0.145. The molecule has 1 amide bonds. The van der Waals surface area contributed by atoms with E-state index in [1.807, 2.05) is 47.9 Å². The molecule has 1 aromatic heterocycles. The average molecular weight is 522 g/mol. The summed E-state index contributed by atoms with van der Waals surface area (Å²) in [7, 11) is -3.72. The van der Waals surface area contributed by atoms with Crippen LogP contribution >= 0.6 is 11.3 Å². The normalized spacial score (nSPS) is 15.4. The molecule has 8 nitrogen and oxygen atoms in total.